The zero-order chi connectivity index (χ0) is 17.1. The number of carbonyl (C=O) groups excluding carboxylic acids is 1. The second-order valence-electron chi connectivity index (χ2n) is 6.58. The molecule has 128 valence electrons. The summed E-state index contributed by atoms with van der Waals surface area (Å²) in [5.74, 6) is 1.77. The minimum absolute atomic E-state index is 0.0684. The normalized spacial score (nSPS) is 15.8. The van der Waals surface area contributed by atoms with Gasteiger partial charge < -0.3 is 10.2 Å². The van der Waals surface area contributed by atoms with Crippen molar-refractivity contribution in [3.8, 4) is 5.82 Å². The van der Waals surface area contributed by atoms with Gasteiger partial charge in [0.1, 0.15) is 5.82 Å². The van der Waals surface area contributed by atoms with Crippen molar-refractivity contribution in [1.29, 1.82) is 0 Å². The summed E-state index contributed by atoms with van der Waals surface area (Å²) in [7, 11) is 0. The number of aryl methyl sites for hydroxylation is 1. The molecule has 1 saturated heterocycles. The summed E-state index contributed by atoms with van der Waals surface area (Å²) in [6, 6.07) is 6.08. The number of likely N-dealkylation sites (tertiary alicyclic amines) is 1. The predicted octanol–water partition coefficient (Wildman–Crippen LogP) is 2.03. The third-order valence-electron chi connectivity index (χ3n) is 4.26. The molecule has 0 bridgehead atoms. The topological polar surface area (TPSA) is 75.9 Å². The van der Waals surface area contributed by atoms with Gasteiger partial charge in [-0.3, -0.25) is 4.79 Å². The molecule has 0 spiro atoms. The van der Waals surface area contributed by atoms with Gasteiger partial charge in [0, 0.05) is 31.2 Å². The molecule has 1 aliphatic rings. The van der Waals surface area contributed by atoms with Crippen LogP contribution in [0.2, 0.25) is 0 Å². The van der Waals surface area contributed by atoms with Crippen molar-refractivity contribution < 1.29 is 4.79 Å². The van der Waals surface area contributed by atoms with Crippen LogP contribution in [0.15, 0.2) is 24.4 Å². The fourth-order valence-corrected chi connectivity index (χ4v) is 2.89. The van der Waals surface area contributed by atoms with Gasteiger partial charge in [-0.1, -0.05) is 13.8 Å². The number of aromatic nitrogens is 4. The Kier molecular flexibility index (Phi) is 4.78. The Morgan fingerprint density at radius 1 is 1.21 bits per heavy atom. The van der Waals surface area contributed by atoms with E-state index in [0.29, 0.717) is 11.9 Å². The first-order chi connectivity index (χ1) is 11.5. The number of piperidine rings is 1. The number of nitrogens with one attached hydrogen (secondary N) is 1. The third kappa shape index (κ3) is 3.72. The molecule has 2 aromatic heterocycles. The Balaban J connectivity index is 1.55. The van der Waals surface area contributed by atoms with E-state index >= 15 is 0 Å². The number of anilines is 1. The van der Waals surface area contributed by atoms with Crippen LogP contribution in [-0.2, 0) is 4.79 Å². The zero-order valence-corrected chi connectivity index (χ0v) is 14.4. The van der Waals surface area contributed by atoms with Gasteiger partial charge in [0.15, 0.2) is 5.82 Å². The number of amides is 1. The maximum Gasteiger partial charge on any atom is 0.225 e. The molecule has 1 fully saturated rings. The highest BCUT2D eigenvalue weighted by Gasteiger charge is 2.24. The van der Waals surface area contributed by atoms with E-state index in [2.05, 4.69) is 20.6 Å². The number of carbonyl (C=O) groups is 1. The minimum Gasteiger partial charge on any atom is -0.366 e. The fourth-order valence-electron chi connectivity index (χ4n) is 2.89. The Morgan fingerprint density at radius 2 is 1.96 bits per heavy atom. The third-order valence-corrected chi connectivity index (χ3v) is 4.26. The highest BCUT2D eigenvalue weighted by Crippen LogP contribution is 2.17. The van der Waals surface area contributed by atoms with Crippen LogP contribution >= 0.6 is 0 Å². The second-order valence-corrected chi connectivity index (χ2v) is 6.58. The van der Waals surface area contributed by atoms with Gasteiger partial charge in [0.05, 0.1) is 5.69 Å². The van der Waals surface area contributed by atoms with Gasteiger partial charge in [-0.15, -0.1) is 10.2 Å². The Morgan fingerprint density at radius 3 is 2.50 bits per heavy atom. The lowest BCUT2D eigenvalue weighted by molar-refractivity contribution is -0.135. The first-order valence-electron chi connectivity index (χ1n) is 8.44. The second kappa shape index (κ2) is 6.98. The maximum atomic E-state index is 12.0. The van der Waals surface area contributed by atoms with E-state index in [1.807, 2.05) is 50.1 Å². The smallest absolute Gasteiger partial charge is 0.225 e. The summed E-state index contributed by atoms with van der Waals surface area (Å²) >= 11 is 0. The molecule has 0 aromatic carbocycles. The van der Waals surface area contributed by atoms with Crippen LogP contribution < -0.4 is 5.32 Å². The van der Waals surface area contributed by atoms with Crippen molar-refractivity contribution in [3.05, 3.63) is 30.1 Å². The standard InChI is InChI=1S/C17H24N6O/c1-12(2)17(24)22-9-7-14(8-10-22)18-15-4-5-16(20-19-15)23-11-6-13(3)21-23/h4-6,11-12,14H,7-10H2,1-3H3,(H,18,19). The van der Waals surface area contributed by atoms with Crippen LogP contribution in [0.1, 0.15) is 32.4 Å². The molecule has 0 saturated carbocycles. The van der Waals surface area contributed by atoms with Crippen LogP contribution in [-0.4, -0.2) is 49.9 Å². The molecular formula is C17H24N6O. The van der Waals surface area contributed by atoms with Crippen LogP contribution in [0, 0.1) is 12.8 Å². The van der Waals surface area contributed by atoms with Crippen molar-refractivity contribution in [1.82, 2.24) is 24.9 Å². The van der Waals surface area contributed by atoms with E-state index in [1.54, 1.807) is 4.68 Å². The van der Waals surface area contributed by atoms with E-state index in [-0.39, 0.29) is 11.8 Å². The molecule has 2 aromatic rings. The Hall–Kier alpha value is -2.44. The number of hydrogen-bond acceptors (Lipinski definition) is 5. The first kappa shape index (κ1) is 16.4. The Labute approximate surface area is 142 Å². The largest absolute Gasteiger partial charge is 0.366 e. The van der Waals surface area contributed by atoms with Crippen molar-refractivity contribution in [2.24, 2.45) is 5.92 Å². The van der Waals surface area contributed by atoms with E-state index in [9.17, 15) is 4.79 Å². The van der Waals surface area contributed by atoms with Gasteiger partial charge in [0.25, 0.3) is 0 Å². The SMILES string of the molecule is Cc1ccn(-c2ccc(NC3CCN(C(=O)C(C)C)CC3)nn2)n1. The summed E-state index contributed by atoms with van der Waals surface area (Å²) in [5.41, 5.74) is 0.946. The van der Waals surface area contributed by atoms with Crippen LogP contribution in [0.5, 0.6) is 0 Å². The van der Waals surface area contributed by atoms with Crippen molar-refractivity contribution >= 4 is 11.7 Å². The molecule has 3 rings (SSSR count). The molecule has 7 nitrogen and oxygen atoms in total. The lowest BCUT2D eigenvalue weighted by atomic mass is 10.0. The van der Waals surface area contributed by atoms with E-state index in [0.717, 1.165) is 37.4 Å². The summed E-state index contributed by atoms with van der Waals surface area (Å²) in [4.78, 5) is 14.0. The van der Waals surface area contributed by atoms with Crippen molar-refractivity contribution in [2.45, 2.75) is 39.7 Å². The molecule has 3 heterocycles. The molecule has 1 amide bonds. The molecule has 0 unspecified atom stereocenters. The fraction of sp³-hybridized carbons (Fsp3) is 0.529. The lowest BCUT2D eigenvalue weighted by Gasteiger charge is -2.33. The van der Waals surface area contributed by atoms with Crippen LogP contribution in [0.4, 0.5) is 5.82 Å². The highest BCUT2D eigenvalue weighted by atomic mass is 16.2. The van der Waals surface area contributed by atoms with Gasteiger partial charge in [-0.05, 0) is 38.0 Å². The van der Waals surface area contributed by atoms with Gasteiger partial charge in [0.2, 0.25) is 5.91 Å². The monoisotopic (exact) mass is 328 g/mol. The first-order valence-corrected chi connectivity index (χ1v) is 8.44. The van der Waals surface area contributed by atoms with Crippen molar-refractivity contribution in [3.63, 3.8) is 0 Å². The lowest BCUT2D eigenvalue weighted by Crippen LogP contribution is -2.44. The predicted molar refractivity (Wildman–Crippen MR) is 92.0 cm³/mol. The quantitative estimate of drug-likeness (QED) is 0.929. The summed E-state index contributed by atoms with van der Waals surface area (Å²) in [6.45, 7) is 7.44. The number of nitrogens with zero attached hydrogens (tertiary/aromatic N) is 5. The van der Waals surface area contributed by atoms with Gasteiger partial charge >= 0.3 is 0 Å². The Bertz CT molecular complexity index is 685. The average molecular weight is 328 g/mol. The van der Waals surface area contributed by atoms with Gasteiger partial charge in [-0.2, -0.15) is 5.10 Å². The van der Waals surface area contributed by atoms with Crippen LogP contribution in [0.3, 0.4) is 0 Å². The van der Waals surface area contributed by atoms with Crippen molar-refractivity contribution in [2.75, 3.05) is 18.4 Å². The summed E-state index contributed by atoms with van der Waals surface area (Å²) in [6.07, 6.45) is 3.73. The zero-order valence-electron chi connectivity index (χ0n) is 14.4. The number of rotatable bonds is 4. The van der Waals surface area contributed by atoms with E-state index in [4.69, 9.17) is 0 Å². The summed E-state index contributed by atoms with van der Waals surface area (Å²) < 4.78 is 1.71. The molecule has 24 heavy (non-hydrogen) atoms. The molecule has 1 aliphatic heterocycles. The number of hydrogen-bond donors (Lipinski definition) is 1. The molecule has 0 radical (unpaired) electrons. The van der Waals surface area contributed by atoms with Crippen LogP contribution in [0.25, 0.3) is 5.82 Å². The molecule has 0 aliphatic carbocycles. The molecule has 1 N–H and O–H groups in total. The summed E-state index contributed by atoms with van der Waals surface area (Å²) in [5, 5.41) is 16.2. The van der Waals surface area contributed by atoms with Gasteiger partial charge in [-0.25, -0.2) is 4.68 Å². The maximum absolute atomic E-state index is 12.0. The minimum atomic E-state index is 0.0684. The molecular weight excluding hydrogens is 304 g/mol. The molecule has 7 heteroatoms. The van der Waals surface area contributed by atoms with E-state index < -0.39 is 0 Å². The highest BCUT2D eigenvalue weighted by molar-refractivity contribution is 5.78. The average Bonchev–Trinajstić information content (AvgIpc) is 3.02. The molecule has 0 atom stereocenters. The van der Waals surface area contributed by atoms with E-state index in [1.165, 1.54) is 0 Å².